The first-order valence-electron chi connectivity index (χ1n) is 3.61. The van der Waals surface area contributed by atoms with Gasteiger partial charge in [0.2, 0.25) is 0 Å². The zero-order valence-electron chi connectivity index (χ0n) is 7.13. The Kier molecular flexibility index (Phi) is 2.73. The predicted octanol–water partition coefficient (Wildman–Crippen LogP) is 2.03. The number of alkyl halides is 3. The molecule has 1 rings (SSSR count). The summed E-state index contributed by atoms with van der Waals surface area (Å²) in [5.74, 6) is -0.614. The van der Waals surface area contributed by atoms with Crippen LogP contribution in [0, 0.1) is 0 Å². The first-order chi connectivity index (χ1) is 6.39. The first-order valence-corrected chi connectivity index (χ1v) is 3.61. The summed E-state index contributed by atoms with van der Waals surface area (Å²) < 4.78 is 40.5. The smallest absolute Gasteiger partial charge is 0.425 e. The van der Waals surface area contributed by atoms with Crippen LogP contribution in [0.4, 0.5) is 13.2 Å². The quantitative estimate of drug-likeness (QED) is 0.658. The third-order valence-corrected chi connectivity index (χ3v) is 1.29. The lowest BCUT2D eigenvalue weighted by molar-refractivity contribution is -0.141. The second-order valence-corrected chi connectivity index (χ2v) is 2.47. The van der Waals surface area contributed by atoms with Crippen LogP contribution < -0.4 is 4.74 Å². The van der Waals surface area contributed by atoms with Crippen molar-refractivity contribution in [1.29, 1.82) is 0 Å². The molecular formula is C8H6F3NO2. The van der Waals surface area contributed by atoms with Gasteiger partial charge in [-0.1, -0.05) is 0 Å². The number of esters is 1. The van der Waals surface area contributed by atoms with E-state index in [0.717, 1.165) is 25.3 Å². The number of halogens is 3. The number of nitrogens with zero attached hydrogens (tertiary/aromatic N) is 1. The molecule has 1 aromatic heterocycles. The number of carbonyl (C=O) groups is 1. The fourth-order valence-electron chi connectivity index (χ4n) is 0.774. The van der Waals surface area contributed by atoms with Crippen molar-refractivity contribution in [2.24, 2.45) is 0 Å². The lowest BCUT2D eigenvalue weighted by Gasteiger charge is -2.05. The largest absolute Gasteiger partial charge is 0.433 e. The van der Waals surface area contributed by atoms with Gasteiger partial charge in [-0.2, -0.15) is 13.2 Å². The highest BCUT2D eigenvalue weighted by Gasteiger charge is 2.32. The van der Waals surface area contributed by atoms with E-state index in [1.807, 2.05) is 0 Å². The van der Waals surface area contributed by atoms with Crippen LogP contribution in [0.1, 0.15) is 12.6 Å². The summed E-state index contributed by atoms with van der Waals surface area (Å²) in [6, 6.07) is 1.79. The van der Waals surface area contributed by atoms with E-state index in [1.54, 1.807) is 0 Å². The van der Waals surface area contributed by atoms with Gasteiger partial charge in [0.25, 0.3) is 0 Å². The fraction of sp³-hybridized carbons (Fsp3) is 0.250. The summed E-state index contributed by atoms with van der Waals surface area (Å²) in [5.41, 5.74) is -1.02. The van der Waals surface area contributed by atoms with Gasteiger partial charge in [0.15, 0.2) is 0 Å². The molecule has 0 aliphatic rings. The summed E-state index contributed by atoms with van der Waals surface area (Å²) in [7, 11) is 0. The maximum Gasteiger partial charge on any atom is 0.433 e. The van der Waals surface area contributed by atoms with E-state index in [2.05, 4.69) is 9.72 Å². The van der Waals surface area contributed by atoms with Crippen molar-refractivity contribution in [2.45, 2.75) is 13.1 Å². The molecule has 14 heavy (non-hydrogen) atoms. The molecule has 6 heteroatoms. The van der Waals surface area contributed by atoms with E-state index in [4.69, 9.17) is 0 Å². The number of pyridine rings is 1. The summed E-state index contributed by atoms with van der Waals surface area (Å²) in [4.78, 5) is 13.5. The Bertz CT molecular complexity index is 331. The average molecular weight is 205 g/mol. The molecule has 0 bridgehead atoms. The molecule has 0 atom stereocenters. The van der Waals surface area contributed by atoms with Crippen molar-refractivity contribution in [3.05, 3.63) is 24.0 Å². The monoisotopic (exact) mass is 205 g/mol. The van der Waals surface area contributed by atoms with E-state index < -0.39 is 17.8 Å². The second kappa shape index (κ2) is 3.65. The zero-order chi connectivity index (χ0) is 10.8. The van der Waals surface area contributed by atoms with Crippen LogP contribution in [0.15, 0.2) is 18.3 Å². The molecule has 0 spiro atoms. The molecule has 0 aromatic carbocycles. The molecule has 1 aromatic rings. The fourth-order valence-corrected chi connectivity index (χ4v) is 0.774. The van der Waals surface area contributed by atoms with Crippen LogP contribution in [0.3, 0.4) is 0 Å². The highest BCUT2D eigenvalue weighted by molar-refractivity contribution is 5.69. The Morgan fingerprint density at radius 1 is 1.43 bits per heavy atom. The molecule has 3 nitrogen and oxygen atoms in total. The standard InChI is InChI=1S/C8H6F3NO2/c1-5(13)14-6-2-3-7(12-4-6)8(9,10)11/h2-4H,1H3. The van der Waals surface area contributed by atoms with E-state index in [1.165, 1.54) is 0 Å². The molecule has 0 radical (unpaired) electrons. The Morgan fingerprint density at radius 3 is 2.43 bits per heavy atom. The first kappa shape index (κ1) is 10.5. The highest BCUT2D eigenvalue weighted by atomic mass is 19.4. The molecule has 0 aliphatic carbocycles. The third kappa shape index (κ3) is 2.72. The Labute approximate surface area is 77.5 Å². The van der Waals surface area contributed by atoms with Crippen LogP contribution in [0.5, 0.6) is 5.75 Å². The van der Waals surface area contributed by atoms with Crippen molar-refractivity contribution >= 4 is 5.97 Å². The Hall–Kier alpha value is -1.59. The maximum atomic E-state index is 12.0. The zero-order valence-corrected chi connectivity index (χ0v) is 7.13. The van der Waals surface area contributed by atoms with Crippen molar-refractivity contribution in [2.75, 3.05) is 0 Å². The van der Waals surface area contributed by atoms with Crippen molar-refractivity contribution in [3.63, 3.8) is 0 Å². The van der Waals surface area contributed by atoms with Gasteiger partial charge in [0, 0.05) is 6.92 Å². The molecular weight excluding hydrogens is 199 g/mol. The normalized spacial score (nSPS) is 11.1. The van der Waals surface area contributed by atoms with E-state index >= 15 is 0 Å². The lowest BCUT2D eigenvalue weighted by Crippen LogP contribution is -2.08. The van der Waals surface area contributed by atoms with Crippen LogP contribution in [0.25, 0.3) is 0 Å². The van der Waals surface area contributed by atoms with Gasteiger partial charge in [-0.15, -0.1) is 0 Å². The van der Waals surface area contributed by atoms with Crippen molar-refractivity contribution in [1.82, 2.24) is 4.98 Å². The molecule has 1 heterocycles. The van der Waals surface area contributed by atoms with Gasteiger partial charge in [-0.3, -0.25) is 4.79 Å². The van der Waals surface area contributed by atoms with Crippen LogP contribution in [-0.4, -0.2) is 11.0 Å². The minimum Gasteiger partial charge on any atom is -0.425 e. The van der Waals surface area contributed by atoms with Gasteiger partial charge in [0.05, 0.1) is 6.20 Å². The summed E-state index contributed by atoms with van der Waals surface area (Å²) in [6.45, 7) is 1.15. The van der Waals surface area contributed by atoms with E-state index in [0.29, 0.717) is 0 Å². The predicted molar refractivity (Wildman–Crippen MR) is 40.5 cm³/mol. The van der Waals surface area contributed by atoms with E-state index in [-0.39, 0.29) is 5.75 Å². The van der Waals surface area contributed by atoms with Crippen LogP contribution in [0.2, 0.25) is 0 Å². The summed E-state index contributed by atoms with van der Waals surface area (Å²) >= 11 is 0. The SMILES string of the molecule is CC(=O)Oc1ccc(C(F)(F)F)nc1. The molecule has 76 valence electrons. The van der Waals surface area contributed by atoms with Crippen molar-refractivity contribution in [3.8, 4) is 5.75 Å². The summed E-state index contributed by atoms with van der Waals surface area (Å²) in [6.07, 6.45) is -3.63. The molecule has 0 aliphatic heterocycles. The number of aromatic nitrogens is 1. The van der Waals surface area contributed by atoms with Crippen LogP contribution >= 0.6 is 0 Å². The number of hydrogen-bond donors (Lipinski definition) is 0. The van der Waals surface area contributed by atoms with Gasteiger partial charge in [-0.05, 0) is 12.1 Å². The van der Waals surface area contributed by atoms with Crippen molar-refractivity contribution < 1.29 is 22.7 Å². The van der Waals surface area contributed by atoms with Gasteiger partial charge in [-0.25, -0.2) is 4.98 Å². The number of carbonyl (C=O) groups excluding carboxylic acids is 1. The lowest BCUT2D eigenvalue weighted by atomic mass is 10.3. The van der Waals surface area contributed by atoms with Crippen LogP contribution in [-0.2, 0) is 11.0 Å². The molecule has 0 fully saturated rings. The molecule has 0 unspecified atom stereocenters. The Morgan fingerprint density at radius 2 is 2.07 bits per heavy atom. The topological polar surface area (TPSA) is 39.2 Å². The number of rotatable bonds is 1. The number of ether oxygens (including phenoxy) is 1. The van der Waals surface area contributed by atoms with Gasteiger partial charge < -0.3 is 4.74 Å². The highest BCUT2D eigenvalue weighted by Crippen LogP contribution is 2.28. The second-order valence-electron chi connectivity index (χ2n) is 2.47. The third-order valence-electron chi connectivity index (χ3n) is 1.29. The minimum atomic E-state index is -4.48. The number of hydrogen-bond acceptors (Lipinski definition) is 3. The molecule has 0 saturated heterocycles. The van der Waals surface area contributed by atoms with Gasteiger partial charge in [0.1, 0.15) is 11.4 Å². The Balaban J connectivity index is 2.84. The minimum absolute atomic E-state index is 0.00880. The maximum absolute atomic E-state index is 12.0. The molecule has 0 amide bonds. The average Bonchev–Trinajstić information content (AvgIpc) is 2.02. The summed E-state index contributed by atoms with van der Waals surface area (Å²) in [5, 5.41) is 0. The molecule has 0 N–H and O–H groups in total. The van der Waals surface area contributed by atoms with E-state index in [9.17, 15) is 18.0 Å². The van der Waals surface area contributed by atoms with Gasteiger partial charge >= 0.3 is 12.1 Å². The molecule has 0 saturated carbocycles.